The fraction of sp³-hybridized carbons (Fsp3) is 0.360. The molecular weight excluding hydrogens is 427 g/mol. The van der Waals surface area contributed by atoms with Crippen LogP contribution in [-0.2, 0) is 9.59 Å². The molecule has 1 aliphatic rings. The Bertz CT molecular complexity index is 1050. The van der Waals surface area contributed by atoms with Crippen LogP contribution in [0, 0.1) is 5.82 Å². The number of methoxy groups -OCH3 is 2. The van der Waals surface area contributed by atoms with Gasteiger partial charge in [0.15, 0.2) is 11.5 Å². The molecule has 3 rings (SSSR count). The Morgan fingerprint density at radius 2 is 1.67 bits per heavy atom. The Morgan fingerprint density at radius 1 is 1.03 bits per heavy atom. The van der Waals surface area contributed by atoms with Crippen LogP contribution >= 0.6 is 0 Å². The molecule has 7 nitrogen and oxygen atoms in total. The molecule has 0 aromatic heterocycles. The number of nitrogens with one attached hydrogen (secondary N) is 1. The number of hydrogen-bond donors (Lipinski definition) is 2. The van der Waals surface area contributed by atoms with Crippen molar-refractivity contribution in [2.45, 2.75) is 19.9 Å². The topological polar surface area (TPSA) is 80.5 Å². The lowest BCUT2D eigenvalue weighted by Gasteiger charge is -2.27. The van der Waals surface area contributed by atoms with E-state index in [9.17, 15) is 19.1 Å². The standard InChI is InChI=1S/C25H29FN2O5/c1-5-27(6-2)13-14-28-22(17-9-12-19(32-3)20(15-17)33-4)21(24(30)25(28)31)23(29)16-7-10-18(26)11-8-16/h7-12,15,22,29H,5-6,13-14H2,1-4H3/p+1/t22-/m1/s1. The van der Waals surface area contributed by atoms with Crippen LogP contribution in [0.5, 0.6) is 11.5 Å². The van der Waals surface area contributed by atoms with Crippen molar-refractivity contribution in [3.05, 3.63) is 65.0 Å². The number of nitrogens with zero attached hydrogens (tertiary/aromatic N) is 1. The van der Waals surface area contributed by atoms with Gasteiger partial charge in [-0.05, 0) is 55.8 Å². The van der Waals surface area contributed by atoms with E-state index in [1.165, 1.54) is 48.3 Å². The van der Waals surface area contributed by atoms with Gasteiger partial charge in [0.05, 0.1) is 52.0 Å². The molecule has 0 spiro atoms. The Hall–Kier alpha value is -3.39. The Balaban J connectivity index is 2.14. The normalized spacial score (nSPS) is 17.6. The number of ketones is 1. The first-order chi connectivity index (χ1) is 15.9. The van der Waals surface area contributed by atoms with E-state index in [0.717, 1.165) is 13.1 Å². The van der Waals surface area contributed by atoms with Gasteiger partial charge in [0.1, 0.15) is 11.6 Å². The maximum Gasteiger partial charge on any atom is 0.295 e. The van der Waals surface area contributed by atoms with Crippen molar-refractivity contribution in [2.75, 3.05) is 40.4 Å². The van der Waals surface area contributed by atoms with Crippen LogP contribution in [0.1, 0.15) is 31.0 Å². The second kappa shape index (κ2) is 10.5. The first kappa shape index (κ1) is 24.3. The number of halogens is 1. The summed E-state index contributed by atoms with van der Waals surface area (Å²) < 4.78 is 24.1. The molecule has 1 aliphatic heterocycles. The molecule has 1 amide bonds. The molecule has 0 unspecified atom stereocenters. The minimum atomic E-state index is -0.815. The Kier molecular flexibility index (Phi) is 7.71. The van der Waals surface area contributed by atoms with E-state index in [1.807, 2.05) is 0 Å². The number of aliphatic hydroxyl groups is 1. The van der Waals surface area contributed by atoms with Gasteiger partial charge < -0.3 is 24.4 Å². The third kappa shape index (κ3) is 4.85. The summed E-state index contributed by atoms with van der Waals surface area (Å²) in [5.74, 6) is -1.31. The van der Waals surface area contributed by atoms with Gasteiger partial charge >= 0.3 is 0 Å². The maximum atomic E-state index is 13.4. The third-order valence-corrected chi connectivity index (χ3v) is 6.09. The van der Waals surface area contributed by atoms with E-state index in [1.54, 1.807) is 18.2 Å². The molecule has 1 fully saturated rings. The number of likely N-dealkylation sites (N-methyl/N-ethyl adjacent to an activating group) is 1. The number of benzene rings is 2. The van der Waals surface area contributed by atoms with Gasteiger partial charge in [-0.1, -0.05) is 6.07 Å². The minimum Gasteiger partial charge on any atom is -0.507 e. The lowest BCUT2D eigenvalue weighted by molar-refractivity contribution is -0.895. The summed E-state index contributed by atoms with van der Waals surface area (Å²) in [7, 11) is 3.02. The first-order valence-electron chi connectivity index (χ1n) is 11.0. The number of Topliss-reactive ketones (excluding diaryl/α,β-unsaturated/α-hetero) is 1. The molecule has 2 aromatic rings. The predicted octanol–water partition coefficient (Wildman–Crippen LogP) is 2.19. The van der Waals surface area contributed by atoms with Gasteiger partial charge in [-0.3, -0.25) is 9.59 Å². The number of likely N-dealkylation sites (tertiary alicyclic amines) is 1. The van der Waals surface area contributed by atoms with Crippen molar-refractivity contribution in [1.82, 2.24) is 4.90 Å². The average molecular weight is 458 g/mol. The summed E-state index contributed by atoms with van der Waals surface area (Å²) in [4.78, 5) is 28.9. The highest BCUT2D eigenvalue weighted by atomic mass is 19.1. The minimum absolute atomic E-state index is 0.0339. The van der Waals surface area contributed by atoms with Crippen LogP contribution in [0.4, 0.5) is 4.39 Å². The van der Waals surface area contributed by atoms with Crippen LogP contribution in [-0.4, -0.2) is 62.1 Å². The molecule has 1 heterocycles. The summed E-state index contributed by atoms with van der Waals surface area (Å²) in [5, 5.41) is 11.0. The largest absolute Gasteiger partial charge is 0.507 e. The molecule has 0 saturated carbocycles. The SMILES string of the molecule is CC[NH+](CC)CCN1C(=O)C(=O)C(=C(O)c2ccc(F)cc2)[C@H]1c1ccc(OC)c(OC)c1. The Labute approximate surface area is 193 Å². The van der Waals surface area contributed by atoms with E-state index in [0.29, 0.717) is 30.2 Å². The van der Waals surface area contributed by atoms with Gasteiger partial charge in [0.2, 0.25) is 0 Å². The molecule has 8 heteroatoms. The highest BCUT2D eigenvalue weighted by Crippen LogP contribution is 2.41. The van der Waals surface area contributed by atoms with Gasteiger partial charge in [0.25, 0.3) is 11.7 Å². The zero-order valence-corrected chi connectivity index (χ0v) is 19.4. The zero-order chi connectivity index (χ0) is 24.1. The summed E-state index contributed by atoms with van der Waals surface area (Å²) in [6, 6.07) is 9.47. The number of carbonyl (C=O) groups excluding carboxylic acids is 2. The fourth-order valence-electron chi connectivity index (χ4n) is 4.13. The van der Waals surface area contributed by atoms with Crippen molar-refractivity contribution in [2.24, 2.45) is 0 Å². The van der Waals surface area contributed by atoms with E-state index in [4.69, 9.17) is 9.47 Å². The van der Waals surface area contributed by atoms with Gasteiger partial charge in [0, 0.05) is 5.56 Å². The predicted molar refractivity (Wildman–Crippen MR) is 122 cm³/mol. The molecule has 0 aliphatic carbocycles. The van der Waals surface area contributed by atoms with Crippen LogP contribution < -0.4 is 14.4 Å². The molecule has 1 saturated heterocycles. The summed E-state index contributed by atoms with van der Waals surface area (Å²) in [6.07, 6.45) is 0. The Morgan fingerprint density at radius 3 is 2.24 bits per heavy atom. The number of carbonyl (C=O) groups is 2. The average Bonchev–Trinajstić information content (AvgIpc) is 3.09. The molecule has 176 valence electrons. The molecule has 2 N–H and O–H groups in total. The van der Waals surface area contributed by atoms with Crippen LogP contribution in [0.15, 0.2) is 48.0 Å². The highest BCUT2D eigenvalue weighted by Gasteiger charge is 2.46. The van der Waals surface area contributed by atoms with E-state index < -0.39 is 23.5 Å². The van der Waals surface area contributed by atoms with Crippen molar-refractivity contribution >= 4 is 17.4 Å². The summed E-state index contributed by atoms with van der Waals surface area (Å²) in [5.41, 5.74) is 0.827. The molecule has 33 heavy (non-hydrogen) atoms. The zero-order valence-electron chi connectivity index (χ0n) is 19.4. The number of ether oxygens (including phenoxy) is 2. The molecular formula is C25H30FN2O5+. The van der Waals surface area contributed by atoms with Gasteiger partial charge in [-0.25, -0.2) is 4.39 Å². The van der Waals surface area contributed by atoms with E-state index in [2.05, 4.69) is 13.8 Å². The lowest BCUT2D eigenvalue weighted by Crippen LogP contribution is -3.12. The van der Waals surface area contributed by atoms with Crippen molar-refractivity contribution in [3.8, 4) is 11.5 Å². The smallest absolute Gasteiger partial charge is 0.295 e. The van der Waals surface area contributed by atoms with Crippen LogP contribution in [0.25, 0.3) is 5.76 Å². The molecule has 1 atom stereocenters. The first-order valence-corrected chi connectivity index (χ1v) is 11.0. The molecule has 2 aromatic carbocycles. The van der Waals surface area contributed by atoms with Gasteiger partial charge in [-0.2, -0.15) is 0 Å². The monoisotopic (exact) mass is 457 g/mol. The lowest BCUT2D eigenvalue weighted by atomic mass is 9.95. The van der Waals surface area contributed by atoms with Crippen molar-refractivity contribution < 1.29 is 33.5 Å². The summed E-state index contributed by atoms with van der Waals surface area (Å²) >= 11 is 0. The third-order valence-electron chi connectivity index (χ3n) is 6.09. The number of quaternary nitrogens is 1. The van der Waals surface area contributed by atoms with E-state index in [-0.39, 0.29) is 16.9 Å². The molecule has 0 radical (unpaired) electrons. The number of aliphatic hydroxyl groups excluding tert-OH is 1. The van der Waals surface area contributed by atoms with Crippen molar-refractivity contribution in [1.29, 1.82) is 0 Å². The van der Waals surface area contributed by atoms with Gasteiger partial charge in [-0.15, -0.1) is 0 Å². The second-order valence-electron chi connectivity index (χ2n) is 7.82. The number of amides is 1. The molecule has 0 bridgehead atoms. The quantitative estimate of drug-likeness (QED) is 0.343. The maximum absolute atomic E-state index is 13.4. The highest BCUT2D eigenvalue weighted by molar-refractivity contribution is 6.46. The number of rotatable bonds is 9. The van der Waals surface area contributed by atoms with Crippen molar-refractivity contribution in [3.63, 3.8) is 0 Å². The van der Waals surface area contributed by atoms with Crippen LogP contribution in [0.2, 0.25) is 0 Å². The second-order valence-corrected chi connectivity index (χ2v) is 7.82. The van der Waals surface area contributed by atoms with E-state index >= 15 is 0 Å². The van der Waals surface area contributed by atoms with Crippen LogP contribution in [0.3, 0.4) is 0 Å². The summed E-state index contributed by atoms with van der Waals surface area (Å²) in [6.45, 7) is 6.88. The fourth-order valence-corrected chi connectivity index (χ4v) is 4.13. The number of hydrogen-bond acceptors (Lipinski definition) is 5.